The summed E-state index contributed by atoms with van der Waals surface area (Å²) in [5.41, 5.74) is -0.0594. The molecule has 1 aromatic heterocycles. The number of anilines is 1. The SMILES string of the molecule is c1csc(NC2=NC[C@]3(CN4CCC3CC4)O2)n1. The van der Waals surface area contributed by atoms with Gasteiger partial charge in [0.1, 0.15) is 5.60 Å². The molecule has 6 heteroatoms. The highest BCUT2D eigenvalue weighted by Gasteiger charge is 2.51. The van der Waals surface area contributed by atoms with E-state index in [0.717, 1.165) is 18.2 Å². The van der Waals surface area contributed by atoms with Crippen LogP contribution in [0.3, 0.4) is 0 Å². The van der Waals surface area contributed by atoms with E-state index in [1.807, 2.05) is 5.38 Å². The molecule has 4 aliphatic rings. The minimum atomic E-state index is -0.0594. The lowest BCUT2D eigenvalue weighted by molar-refractivity contribution is -0.0829. The van der Waals surface area contributed by atoms with E-state index in [1.54, 1.807) is 17.5 Å². The summed E-state index contributed by atoms with van der Waals surface area (Å²) in [6.45, 7) is 4.28. The third-order valence-corrected chi connectivity index (χ3v) is 4.95. The summed E-state index contributed by atoms with van der Waals surface area (Å²) in [4.78, 5) is 11.2. The Hall–Kier alpha value is -1.14. The number of piperidine rings is 3. The molecule has 18 heavy (non-hydrogen) atoms. The maximum Gasteiger partial charge on any atom is 0.291 e. The number of aliphatic imine (C=N–C) groups is 1. The molecule has 96 valence electrons. The molecule has 1 N–H and O–H groups in total. The van der Waals surface area contributed by atoms with Crippen LogP contribution in [-0.2, 0) is 4.74 Å². The Bertz CT molecular complexity index is 466. The first-order valence-corrected chi connectivity index (χ1v) is 7.34. The standard InChI is InChI=1S/C12H16N4OS/c1-4-16-5-2-9(1)12(8-16)7-14-10(17-12)15-11-13-3-6-18-11/h3,6,9H,1-2,4-5,7-8H2,(H,13,14,15)/t12-/m1/s1. The van der Waals surface area contributed by atoms with Crippen molar-refractivity contribution in [1.82, 2.24) is 9.88 Å². The fourth-order valence-corrected chi connectivity index (χ4v) is 3.84. The van der Waals surface area contributed by atoms with Crippen LogP contribution in [0.1, 0.15) is 12.8 Å². The number of ether oxygens (including phenoxy) is 1. The molecule has 0 unspecified atom stereocenters. The van der Waals surface area contributed by atoms with Crippen LogP contribution in [0.5, 0.6) is 0 Å². The van der Waals surface area contributed by atoms with Crippen LogP contribution in [0.25, 0.3) is 0 Å². The van der Waals surface area contributed by atoms with E-state index in [2.05, 4.69) is 20.2 Å². The lowest BCUT2D eigenvalue weighted by atomic mass is 9.75. The quantitative estimate of drug-likeness (QED) is 0.833. The van der Waals surface area contributed by atoms with Crippen LogP contribution in [0.2, 0.25) is 0 Å². The molecular weight excluding hydrogens is 248 g/mol. The number of fused-ring (bicyclic) bond motifs is 2. The molecule has 5 rings (SSSR count). The third-order valence-electron chi connectivity index (χ3n) is 4.26. The van der Waals surface area contributed by atoms with Gasteiger partial charge in [0.15, 0.2) is 5.13 Å². The van der Waals surface area contributed by atoms with Crippen molar-refractivity contribution in [1.29, 1.82) is 0 Å². The number of aromatic nitrogens is 1. The first kappa shape index (κ1) is 10.8. The zero-order valence-corrected chi connectivity index (χ0v) is 10.9. The van der Waals surface area contributed by atoms with E-state index in [0.29, 0.717) is 11.9 Å². The first-order chi connectivity index (χ1) is 8.84. The van der Waals surface area contributed by atoms with Gasteiger partial charge in [0, 0.05) is 24.0 Å². The van der Waals surface area contributed by atoms with Gasteiger partial charge >= 0.3 is 0 Å². The second kappa shape index (κ2) is 3.93. The molecule has 0 amide bonds. The zero-order chi connectivity index (χ0) is 12.0. The number of hydrogen-bond donors (Lipinski definition) is 1. The summed E-state index contributed by atoms with van der Waals surface area (Å²) in [6, 6.07) is 0.652. The van der Waals surface area contributed by atoms with E-state index >= 15 is 0 Å². The summed E-state index contributed by atoms with van der Waals surface area (Å²) in [5, 5.41) is 5.97. The monoisotopic (exact) mass is 264 g/mol. The molecule has 5 nitrogen and oxygen atoms in total. The second-order valence-electron chi connectivity index (χ2n) is 5.30. The Balaban J connectivity index is 1.48. The fraction of sp³-hybridized carbons (Fsp3) is 0.667. The van der Waals surface area contributed by atoms with Gasteiger partial charge in [-0.15, -0.1) is 11.3 Å². The van der Waals surface area contributed by atoms with Crippen LogP contribution in [0.15, 0.2) is 16.6 Å². The molecule has 0 aromatic carbocycles. The van der Waals surface area contributed by atoms with Gasteiger partial charge in [0.25, 0.3) is 6.02 Å². The Morgan fingerprint density at radius 2 is 2.33 bits per heavy atom. The Morgan fingerprint density at radius 3 is 3.00 bits per heavy atom. The van der Waals surface area contributed by atoms with E-state index in [9.17, 15) is 0 Å². The maximum atomic E-state index is 6.16. The number of nitrogens with one attached hydrogen (secondary N) is 1. The topological polar surface area (TPSA) is 49.8 Å². The lowest BCUT2D eigenvalue weighted by Crippen LogP contribution is -2.61. The van der Waals surface area contributed by atoms with Gasteiger partial charge in [-0.1, -0.05) is 0 Å². The fourth-order valence-electron chi connectivity index (χ4n) is 3.32. The van der Waals surface area contributed by atoms with Gasteiger partial charge in [0.2, 0.25) is 0 Å². The summed E-state index contributed by atoms with van der Waals surface area (Å²) in [6.07, 6.45) is 4.28. The van der Waals surface area contributed by atoms with Crippen LogP contribution in [-0.4, -0.2) is 47.7 Å². The Labute approximate surface area is 110 Å². The molecular formula is C12H16N4OS. The Morgan fingerprint density at radius 1 is 1.44 bits per heavy atom. The van der Waals surface area contributed by atoms with E-state index in [4.69, 9.17) is 4.74 Å². The highest BCUT2D eigenvalue weighted by atomic mass is 32.1. The largest absolute Gasteiger partial charge is 0.455 e. The van der Waals surface area contributed by atoms with Crippen molar-refractivity contribution in [3.05, 3.63) is 11.6 Å². The molecule has 3 fully saturated rings. The Kier molecular flexibility index (Phi) is 2.35. The minimum Gasteiger partial charge on any atom is -0.455 e. The molecule has 5 heterocycles. The van der Waals surface area contributed by atoms with E-state index in [-0.39, 0.29) is 5.60 Å². The van der Waals surface area contributed by atoms with Crippen molar-refractivity contribution in [2.75, 3.05) is 31.5 Å². The molecule has 0 saturated carbocycles. The van der Waals surface area contributed by atoms with Gasteiger partial charge in [-0.05, 0) is 25.9 Å². The third kappa shape index (κ3) is 1.63. The lowest BCUT2D eigenvalue weighted by Gasteiger charge is -2.50. The van der Waals surface area contributed by atoms with Gasteiger partial charge in [-0.3, -0.25) is 10.2 Å². The summed E-state index contributed by atoms with van der Waals surface area (Å²) in [5.74, 6) is 0.668. The van der Waals surface area contributed by atoms with Gasteiger partial charge in [-0.2, -0.15) is 0 Å². The predicted octanol–water partition coefficient (Wildman–Crippen LogP) is 1.41. The second-order valence-corrected chi connectivity index (χ2v) is 6.20. The minimum absolute atomic E-state index is 0.0594. The molecule has 0 aliphatic carbocycles. The highest BCUT2D eigenvalue weighted by Crippen LogP contribution is 2.40. The molecule has 1 spiro atoms. The number of amidine groups is 1. The normalized spacial score (nSPS) is 37.7. The molecule has 0 radical (unpaired) electrons. The number of nitrogens with zero attached hydrogens (tertiary/aromatic N) is 3. The summed E-state index contributed by atoms with van der Waals surface area (Å²) >= 11 is 1.57. The summed E-state index contributed by atoms with van der Waals surface area (Å²) in [7, 11) is 0. The number of thiazole rings is 1. The van der Waals surface area contributed by atoms with Crippen molar-refractivity contribution in [2.24, 2.45) is 10.9 Å². The summed E-state index contributed by atoms with van der Waals surface area (Å²) < 4.78 is 6.16. The average molecular weight is 264 g/mol. The van der Waals surface area contributed by atoms with Crippen molar-refractivity contribution in [2.45, 2.75) is 18.4 Å². The molecule has 1 atom stereocenters. The van der Waals surface area contributed by atoms with Crippen LogP contribution in [0.4, 0.5) is 5.13 Å². The van der Waals surface area contributed by atoms with Crippen LogP contribution < -0.4 is 5.32 Å². The number of hydrogen-bond acceptors (Lipinski definition) is 6. The molecule has 1 aromatic rings. The first-order valence-electron chi connectivity index (χ1n) is 6.46. The molecule has 2 bridgehead atoms. The highest BCUT2D eigenvalue weighted by molar-refractivity contribution is 7.13. The smallest absolute Gasteiger partial charge is 0.291 e. The van der Waals surface area contributed by atoms with E-state index in [1.165, 1.54) is 25.9 Å². The maximum absolute atomic E-state index is 6.16. The van der Waals surface area contributed by atoms with Crippen molar-refractivity contribution in [3.63, 3.8) is 0 Å². The van der Waals surface area contributed by atoms with Crippen molar-refractivity contribution < 1.29 is 4.74 Å². The molecule has 4 aliphatic heterocycles. The van der Waals surface area contributed by atoms with Gasteiger partial charge in [-0.25, -0.2) is 9.98 Å². The van der Waals surface area contributed by atoms with Crippen molar-refractivity contribution in [3.8, 4) is 0 Å². The molecule has 3 saturated heterocycles. The van der Waals surface area contributed by atoms with E-state index < -0.39 is 0 Å². The predicted molar refractivity (Wildman–Crippen MR) is 71.0 cm³/mol. The van der Waals surface area contributed by atoms with Gasteiger partial charge in [0.05, 0.1) is 6.54 Å². The van der Waals surface area contributed by atoms with Crippen LogP contribution in [0, 0.1) is 5.92 Å². The number of rotatable bonds is 1. The van der Waals surface area contributed by atoms with Crippen molar-refractivity contribution >= 4 is 22.5 Å². The van der Waals surface area contributed by atoms with Gasteiger partial charge < -0.3 is 4.74 Å². The zero-order valence-electron chi connectivity index (χ0n) is 10.1. The van der Waals surface area contributed by atoms with Crippen LogP contribution >= 0.6 is 11.3 Å². The average Bonchev–Trinajstić information content (AvgIpc) is 3.02.